The first-order valence-corrected chi connectivity index (χ1v) is 5.53. The Labute approximate surface area is 99.1 Å². The van der Waals surface area contributed by atoms with Crippen LogP contribution in [-0.2, 0) is 6.18 Å². The molecule has 0 unspecified atom stereocenters. The number of pyridine rings is 1. The molecule has 0 atom stereocenters. The predicted octanol–water partition coefficient (Wildman–Crippen LogP) is 3.49. The normalized spacial score (nSPS) is 11.5. The maximum absolute atomic E-state index is 12.5. The lowest BCUT2D eigenvalue weighted by Gasteiger charge is -2.10. The van der Waals surface area contributed by atoms with E-state index in [1.165, 1.54) is 11.3 Å². The number of nitrogens with zero attached hydrogens (tertiary/aromatic N) is 1. The number of nitrogens with two attached hydrogens (primary N) is 1. The number of nitrogens with one attached hydrogen (secondary N) is 1. The van der Waals surface area contributed by atoms with E-state index < -0.39 is 11.7 Å². The Kier molecular flexibility index (Phi) is 2.93. The molecule has 2 rings (SSSR count). The topological polar surface area (TPSA) is 50.9 Å². The minimum absolute atomic E-state index is 0.0794. The Balaban J connectivity index is 2.32. The lowest BCUT2D eigenvalue weighted by atomic mass is 10.2. The van der Waals surface area contributed by atoms with Crippen LogP contribution in [0.25, 0.3) is 0 Å². The quantitative estimate of drug-likeness (QED) is 0.868. The van der Waals surface area contributed by atoms with E-state index in [-0.39, 0.29) is 11.6 Å². The summed E-state index contributed by atoms with van der Waals surface area (Å²) in [5, 5.41) is 6.32. The number of hydrogen-bond acceptors (Lipinski definition) is 4. The SMILES string of the molecule is Nc1cc(C(F)(F)F)cc(Nc2ccsc2)n1. The second-order valence-electron chi connectivity index (χ2n) is 3.30. The number of thiophene rings is 1. The molecule has 3 N–H and O–H groups in total. The molecule has 2 heterocycles. The summed E-state index contributed by atoms with van der Waals surface area (Å²) in [7, 11) is 0. The molecule has 17 heavy (non-hydrogen) atoms. The molecule has 0 radical (unpaired) electrons. The molecular formula is C10H8F3N3S. The zero-order valence-corrected chi connectivity index (χ0v) is 9.27. The molecule has 7 heteroatoms. The van der Waals surface area contributed by atoms with E-state index in [0.717, 1.165) is 12.1 Å². The summed E-state index contributed by atoms with van der Waals surface area (Å²) in [4.78, 5) is 3.79. The molecule has 0 aliphatic carbocycles. The number of rotatable bonds is 2. The van der Waals surface area contributed by atoms with Gasteiger partial charge in [-0.3, -0.25) is 0 Å². The van der Waals surface area contributed by atoms with Crippen LogP contribution in [0.15, 0.2) is 29.0 Å². The minimum Gasteiger partial charge on any atom is -0.384 e. The van der Waals surface area contributed by atoms with E-state index in [9.17, 15) is 13.2 Å². The highest BCUT2D eigenvalue weighted by Crippen LogP contribution is 2.32. The fraction of sp³-hybridized carbons (Fsp3) is 0.100. The van der Waals surface area contributed by atoms with E-state index in [0.29, 0.717) is 5.69 Å². The van der Waals surface area contributed by atoms with Crippen molar-refractivity contribution in [3.05, 3.63) is 34.5 Å². The van der Waals surface area contributed by atoms with Crippen molar-refractivity contribution in [3.8, 4) is 0 Å². The minimum atomic E-state index is -4.43. The van der Waals surface area contributed by atoms with Crippen LogP contribution in [0.5, 0.6) is 0 Å². The van der Waals surface area contributed by atoms with Crippen molar-refractivity contribution in [3.63, 3.8) is 0 Å². The van der Waals surface area contributed by atoms with E-state index in [4.69, 9.17) is 5.73 Å². The lowest BCUT2D eigenvalue weighted by molar-refractivity contribution is -0.137. The van der Waals surface area contributed by atoms with E-state index in [1.807, 2.05) is 0 Å². The van der Waals surface area contributed by atoms with Crippen molar-refractivity contribution in [2.45, 2.75) is 6.18 Å². The van der Waals surface area contributed by atoms with E-state index in [2.05, 4.69) is 10.3 Å². The van der Waals surface area contributed by atoms with Crippen molar-refractivity contribution < 1.29 is 13.2 Å². The van der Waals surface area contributed by atoms with Crippen LogP contribution >= 0.6 is 11.3 Å². The van der Waals surface area contributed by atoms with Gasteiger partial charge in [-0.2, -0.15) is 24.5 Å². The van der Waals surface area contributed by atoms with Crippen molar-refractivity contribution >= 4 is 28.7 Å². The van der Waals surface area contributed by atoms with Crippen molar-refractivity contribution in [1.29, 1.82) is 0 Å². The van der Waals surface area contributed by atoms with Crippen molar-refractivity contribution in [2.75, 3.05) is 11.1 Å². The second kappa shape index (κ2) is 4.25. The summed E-state index contributed by atoms with van der Waals surface area (Å²) in [6.45, 7) is 0. The zero-order valence-electron chi connectivity index (χ0n) is 8.45. The first-order valence-electron chi connectivity index (χ1n) is 4.59. The fourth-order valence-corrected chi connectivity index (χ4v) is 1.85. The van der Waals surface area contributed by atoms with Crippen LogP contribution in [-0.4, -0.2) is 4.98 Å². The van der Waals surface area contributed by atoms with Crippen LogP contribution in [0.2, 0.25) is 0 Å². The molecule has 0 saturated heterocycles. The maximum atomic E-state index is 12.5. The van der Waals surface area contributed by atoms with Crippen LogP contribution in [0.3, 0.4) is 0 Å². The van der Waals surface area contributed by atoms with E-state index in [1.54, 1.807) is 16.8 Å². The zero-order chi connectivity index (χ0) is 12.5. The standard InChI is InChI=1S/C10H8F3N3S/c11-10(12,13)6-3-8(14)16-9(4-6)15-7-1-2-17-5-7/h1-5H,(H3,14,15,16). The molecule has 0 aromatic carbocycles. The molecule has 0 amide bonds. The number of halogens is 3. The first kappa shape index (κ1) is 11.7. The van der Waals surface area contributed by atoms with E-state index >= 15 is 0 Å². The third-order valence-corrected chi connectivity index (χ3v) is 2.65. The smallest absolute Gasteiger partial charge is 0.384 e. The van der Waals surface area contributed by atoms with Gasteiger partial charge in [0.15, 0.2) is 0 Å². The summed E-state index contributed by atoms with van der Waals surface area (Å²) in [5.74, 6) is -0.0896. The number of alkyl halides is 3. The van der Waals surface area contributed by atoms with Gasteiger partial charge >= 0.3 is 6.18 Å². The molecule has 0 aliphatic rings. The van der Waals surface area contributed by atoms with Gasteiger partial charge in [0.1, 0.15) is 11.6 Å². The molecule has 0 spiro atoms. The Bertz CT molecular complexity index is 508. The maximum Gasteiger partial charge on any atom is 0.416 e. The highest BCUT2D eigenvalue weighted by molar-refractivity contribution is 7.08. The number of nitrogen functional groups attached to an aromatic ring is 1. The molecule has 3 nitrogen and oxygen atoms in total. The summed E-state index contributed by atoms with van der Waals surface area (Å²) in [6, 6.07) is 3.47. The van der Waals surface area contributed by atoms with Gasteiger partial charge in [-0.25, -0.2) is 4.98 Å². The number of aromatic nitrogens is 1. The van der Waals surface area contributed by atoms with Crippen LogP contribution in [0.4, 0.5) is 30.5 Å². The Morgan fingerprint density at radius 3 is 2.65 bits per heavy atom. The predicted molar refractivity (Wildman–Crippen MR) is 61.3 cm³/mol. The summed E-state index contributed by atoms with van der Waals surface area (Å²) >= 11 is 1.43. The monoisotopic (exact) mass is 259 g/mol. The summed E-state index contributed by atoms with van der Waals surface area (Å²) < 4.78 is 37.6. The van der Waals surface area contributed by atoms with Gasteiger partial charge in [-0.05, 0) is 23.6 Å². The number of hydrogen-bond donors (Lipinski definition) is 2. The van der Waals surface area contributed by atoms with Gasteiger partial charge in [0.25, 0.3) is 0 Å². The van der Waals surface area contributed by atoms with Gasteiger partial charge < -0.3 is 11.1 Å². The lowest BCUT2D eigenvalue weighted by Crippen LogP contribution is -2.08. The number of anilines is 3. The summed E-state index contributed by atoms with van der Waals surface area (Å²) in [6.07, 6.45) is -4.43. The average molecular weight is 259 g/mol. The fourth-order valence-electron chi connectivity index (χ4n) is 1.26. The average Bonchev–Trinajstić information content (AvgIpc) is 2.68. The van der Waals surface area contributed by atoms with Crippen LogP contribution in [0, 0.1) is 0 Å². The van der Waals surface area contributed by atoms with Gasteiger partial charge in [-0.1, -0.05) is 0 Å². The highest BCUT2D eigenvalue weighted by atomic mass is 32.1. The Morgan fingerprint density at radius 2 is 2.06 bits per heavy atom. The van der Waals surface area contributed by atoms with Gasteiger partial charge in [0.05, 0.1) is 11.3 Å². The molecule has 0 bridgehead atoms. The van der Waals surface area contributed by atoms with Crippen LogP contribution < -0.4 is 11.1 Å². The van der Waals surface area contributed by atoms with Crippen molar-refractivity contribution in [1.82, 2.24) is 4.98 Å². The first-order chi connectivity index (χ1) is 7.95. The van der Waals surface area contributed by atoms with Gasteiger partial charge in [0, 0.05) is 5.38 Å². The molecule has 0 aliphatic heterocycles. The Hall–Kier alpha value is -1.76. The molecule has 0 fully saturated rings. The molecule has 2 aromatic rings. The highest BCUT2D eigenvalue weighted by Gasteiger charge is 2.31. The molecule has 2 aromatic heterocycles. The molecule has 90 valence electrons. The third-order valence-electron chi connectivity index (χ3n) is 1.97. The third kappa shape index (κ3) is 2.88. The Morgan fingerprint density at radius 1 is 1.29 bits per heavy atom. The molecule has 0 saturated carbocycles. The van der Waals surface area contributed by atoms with Crippen LogP contribution in [0.1, 0.15) is 5.56 Å². The second-order valence-corrected chi connectivity index (χ2v) is 4.08. The van der Waals surface area contributed by atoms with Gasteiger partial charge in [0.2, 0.25) is 0 Å². The van der Waals surface area contributed by atoms with Gasteiger partial charge in [-0.15, -0.1) is 0 Å². The van der Waals surface area contributed by atoms with Crippen molar-refractivity contribution in [2.24, 2.45) is 0 Å². The largest absolute Gasteiger partial charge is 0.416 e. The molecular weight excluding hydrogens is 251 g/mol. The summed E-state index contributed by atoms with van der Waals surface area (Å²) in [5.41, 5.74) is 5.20.